The first kappa shape index (κ1) is 16.8. The second-order valence-corrected chi connectivity index (χ2v) is 6.95. The third-order valence-electron chi connectivity index (χ3n) is 4.01. The van der Waals surface area contributed by atoms with Crippen LogP contribution in [0.25, 0.3) is 0 Å². The average molecular weight is 340 g/mol. The first-order valence-electron chi connectivity index (χ1n) is 8.10. The molecule has 0 saturated carbocycles. The van der Waals surface area contributed by atoms with Gasteiger partial charge in [0.1, 0.15) is 11.7 Å². The summed E-state index contributed by atoms with van der Waals surface area (Å²) in [7, 11) is 2.09. The molecule has 1 heterocycles. The van der Waals surface area contributed by atoms with Crippen molar-refractivity contribution in [3.63, 3.8) is 0 Å². The highest BCUT2D eigenvalue weighted by atomic mass is 32.2. The maximum Gasteiger partial charge on any atom is 0.132 e. The number of hydrogen-bond acceptors (Lipinski definition) is 2. The summed E-state index contributed by atoms with van der Waals surface area (Å²) in [6, 6.07) is 14.9. The zero-order valence-corrected chi connectivity index (χ0v) is 14.8. The fourth-order valence-electron chi connectivity index (χ4n) is 2.63. The third kappa shape index (κ3) is 4.26. The van der Waals surface area contributed by atoms with Gasteiger partial charge in [0.05, 0.1) is 5.69 Å². The molecule has 1 aliphatic heterocycles. The summed E-state index contributed by atoms with van der Waals surface area (Å²) in [5, 5.41) is 2.15. The van der Waals surface area contributed by atoms with Crippen molar-refractivity contribution in [2.24, 2.45) is 4.99 Å². The van der Waals surface area contributed by atoms with Gasteiger partial charge in [-0.05, 0) is 61.6 Å². The van der Waals surface area contributed by atoms with E-state index in [0.717, 1.165) is 35.8 Å². The Morgan fingerprint density at radius 1 is 1.08 bits per heavy atom. The fraction of sp³-hybridized carbons (Fsp3) is 0.250. The van der Waals surface area contributed by atoms with Crippen molar-refractivity contribution in [1.29, 1.82) is 0 Å². The lowest BCUT2D eigenvalue weighted by molar-refractivity contribution is 0.464. The van der Waals surface area contributed by atoms with Gasteiger partial charge in [0, 0.05) is 24.1 Å². The van der Waals surface area contributed by atoms with Crippen LogP contribution in [0.1, 0.15) is 18.4 Å². The Bertz CT molecular complexity index is 748. The van der Waals surface area contributed by atoms with Gasteiger partial charge in [-0.25, -0.2) is 9.38 Å². The van der Waals surface area contributed by atoms with Crippen molar-refractivity contribution in [1.82, 2.24) is 4.90 Å². The molecule has 1 saturated heterocycles. The van der Waals surface area contributed by atoms with Gasteiger partial charge in [-0.3, -0.25) is 0 Å². The lowest BCUT2D eigenvalue weighted by atomic mass is 10.1. The number of aliphatic imine (C=N–C) groups is 1. The van der Waals surface area contributed by atoms with Crippen molar-refractivity contribution in [2.75, 3.05) is 13.6 Å². The van der Waals surface area contributed by atoms with Crippen LogP contribution in [0.4, 0.5) is 10.1 Å². The molecule has 0 N–H and O–H groups in total. The Balaban J connectivity index is 1.84. The number of benzene rings is 2. The Hall–Kier alpha value is -2.07. The minimum absolute atomic E-state index is 0.203. The van der Waals surface area contributed by atoms with E-state index in [0.29, 0.717) is 0 Å². The minimum atomic E-state index is -0.203. The number of halogens is 1. The molecule has 0 aromatic heterocycles. The zero-order chi connectivity index (χ0) is 16.9. The zero-order valence-electron chi connectivity index (χ0n) is 14.0. The minimum Gasteiger partial charge on any atom is -0.359 e. The monoisotopic (exact) mass is 340 g/mol. The molecule has 1 aliphatic rings. The first-order chi connectivity index (χ1) is 11.6. The SMILES string of the molecule is Cc1ccc(/N=C2/C(=C/Sc3ccc(F)cc3)CCCN2C)cc1. The molecule has 3 rings (SSSR count). The van der Waals surface area contributed by atoms with Crippen LogP contribution >= 0.6 is 11.8 Å². The van der Waals surface area contributed by atoms with E-state index in [4.69, 9.17) is 4.99 Å². The largest absolute Gasteiger partial charge is 0.359 e. The molecule has 2 aromatic carbocycles. The molecule has 0 amide bonds. The van der Waals surface area contributed by atoms with Crippen molar-refractivity contribution in [3.8, 4) is 0 Å². The fourth-order valence-corrected chi connectivity index (χ4v) is 3.43. The van der Waals surface area contributed by atoms with Crippen LogP contribution in [0.5, 0.6) is 0 Å². The number of amidine groups is 1. The predicted octanol–water partition coefficient (Wildman–Crippen LogP) is 5.57. The van der Waals surface area contributed by atoms with E-state index >= 15 is 0 Å². The Morgan fingerprint density at radius 2 is 1.79 bits per heavy atom. The molecule has 0 bridgehead atoms. The van der Waals surface area contributed by atoms with Crippen LogP contribution in [0, 0.1) is 12.7 Å². The molecule has 0 unspecified atom stereocenters. The maximum absolute atomic E-state index is 13.0. The maximum atomic E-state index is 13.0. The molecule has 0 atom stereocenters. The van der Waals surface area contributed by atoms with E-state index in [9.17, 15) is 4.39 Å². The second kappa shape index (κ2) is 7.67. The van der Waals surface area contributed by atoms with E-state index in [1.165, 1.54) is 23.3 Å². The van der Waals surface area contributed by atoms with Gasteiger partial charge in [0.25, 0.3) is 0 Å². The Kier molecular flexibility index (Phi) is 5.36. The van der Waals surface area contributed by atoms with Crippen molar-refractivity contribution < 1.29 is 4.39 Å². The third-order valence-corrected chi connectivity index (χ3v) is 4.96. The van der Waals surface area contributed by atoms with Gasteiger partial charge in [0.15, 0.2) is 0 Å². The number of thioether (sulfide) groups is 1. The van der Waals surface area contributed by atoms with Crippen molar-refractivity contribution in [2.45, 2.75) is 24.7 Å². The van der Waals surface area contributed by atoms with Crippen LogP contribution < -0.4 is 0 Å². The summed E-state index contributed by atoms with van der Waals surface area (Å²) < 4.78 is 13.0. The van der Waals surface area contributed by atoms with Gasteiger partial charge in [-0.2, -0.15) is 0 Å². The van der Waals surface area contributed by atoms with Crippen LogP contribution in [0.2, 0.25) is 0 Å². The first-order valence-corrected chi connectivity index (χ1v) is 8.98. The van der Waals surface area contributed by atoms with Crippen LogP contribution in [0.15, 0.2) is 69.4 Å². The topological polar surface area (TPSA) is 15.6 Å². The second-order valence-electron chi connectivity index (χ2n) is 6.01. The molecule has 0 aliphatic carbocycles. The average Bonchev–Trinajstić information content (AvgIpc) is 2.59. The number of likely N-dealkylation sites (tertiary alicyclic amines) is 1. The van der Waals surface area contributed by atoms with Crippen LogP contribution in [0.3, 0.4) is 0 Å². The summed E-state index contributed by atoms with van der Waals surface area (Å²) in [6.07, 6.45) is 2.14. The summed E-state index contributed by atoms with van der Waals surface area (Å²) in [4.78, 5) is 8.09. The molecular weight excluding hydrogens is 319 g/mol. The van der Waals surface area contributed by atoms with E-state index in [1.807, 2.05) is 0 Å². The highest BCUT2D eigenvalue weighted by Crippen LogP contribution is 2.27. The number of rotatable bonds is 3. The highest BCUT2D eigenvalue weighted by Gasteiger charge is 2.18. The molecule has 124 valence electrons. The predicted molar refractivity (Wildman–Crippen MR) is 100 cm³/mol. The molecule has 0 spiro atoms. The molecule has 2 aromatic rings. The molecular formula is C20H21FN2S. The lowest BCUT2D eigenvalue weighted by Gasteiger charge is -2.28. The van der Waals surface area contributed by atoms with Gasteiger partial charge in [-0.15, -0.1) is 0 Å². The quantitative estimate of drug-likeness (QED) is 0.679. The van der Waals surface area contributed by atoms with E-state index in [-0.39, 0.29) is 5.82 Å². The Labute approximate surface area is 147 Å². The number of aryl methyl sites for hydroxylation is 1. The molecule has 0 radical (unpaired) electrons. The van der Waals surface area contributed by atoms with Gasteiger partial charge in [-0.1, -0.05) is 29.5 Å². The molecule has 1 fully saturated rings. The normalized spacial score (nSPS) is 18.4. The van der Waals surface area contributed by atoms with Gasteiger partial charge >= 0.3 is 0 Å². The van der Waals surface area contributed by atoms with Crippen molar-refractivity contribution >= 4 is 23.3 Å². The summed E-state index contributed by atoms with van der Waals surface area (Å²) in [6.45, 7) is 3.09. The number of piperidine rings is 1. The molecule has 4 heteroatoms. The summed E-state index contributed by atoms with van der Waals surface area (Å²) >= 11 is 1.62. The van der Waals surface area contributed by atoms with E-state index < -0.39 is 0 Å². The lowest BCUT2D eigenvalue weighted by Crippen LogP contribution is -2.33. The smallest absolute Gasteiger partial charge is 0.132 e. The van der Waals surface area contributed by atoms with Crippen molar-refractivity contribution in [3.05, 3.63) is 70.9 Å². The number of hydrogen-bond donors (Lipinski definition) is 0. The van der Waals surface area contributed by atoms with E-state index in [2.05, 4.69) is 48.5 Å². The molecule has 2 nitrogen and oxygen atoms in total. The summed E-state index contributed by atoms with van der Waals surface area (Å²) in [5.74, 6) is 0.825. The Morgan fingerprint density at radius 3 is 2.50 bits per heavy atom. The number of nitrogens with zero attached hydrogens (tertiary/aromatic N) is 2. The summed E-state index contributed by atoms with van der Waals surface area (Å²) in [5.41, 5.74) is 3.44. The van der Waals surface area contributed by atoms with Crippen LogP contribution in [-0.4, -0.2) is 24.3 Å². The van der Waals surface area contributed by atoms with Crippen LogP contribution in [-0.2, 0) is 0 Å². The highest BCUT2D eigenvalue weighted by molar-refractivity contribution is 8.02. The standard InChI is InChI=1S/C20H21FN2S/c1-15-5-9-18(10-6-15)22-20-16(4-3-13-23(20)2)14-24-19-11-7-17(21)8-12-19/h5-12,14H,3-4,13H2,1-2H3/b16-14+,22-20-. The van der Waals surface area contributed by atoms with Gasteiger partial charge < -0.3 is 4.90 Å². The van der Waals surface area contributed by atoms with Gasteiger partial charge in [0.2, 0.25) is 0 Å². The molecule has 24 heavy (non-hydrogen) atoms. The number of likely N-dealkylation sites (N-methyl/N-ethyl adjacent to an activating group) is 1. The van der Waals surface area contributed by atoms with E-state index in [1.54, 1.807) is 23.9 Å².